The molecule has 1 atom stereocenters. The molecule has 1 aliphatic heterocycles. The predicted octanol–water partition coefficient (Wildman–Crippen LogP) is 3.00. The predicted molar refractivity (Wildman–Crippen MR) is 92.5 cm³/mol. The van der Waals surface area contributed by atoms with Crippen molar-refractivity contribution in [3.63, 3.8) is 0 Å². The number of hydrogen-bond donors (Lipinski definition) is 1. The van der Waals surface area contributed by atoms with Gasteiger partial charge in [0.1, 0.15) is 18.0 Å². The lowest BCUT2D eigenvalue weighted by Gasteiger charge is -2.34. The van der Waals surface area contributed by atoms with Crippen LogP contribution in [0.1, 0.15) is 83.3 Å². The van der Waals surface area contributed by atoms with Gasteiger partial charge in [-0.2, -0.15) is 10.2 Å². The number of likely N-dealkylation sites (tertiary alicyclic amines) is 1. The molecule has 7 nitrogen and oxygen atoms in total. The first kappa shape index (κ1) is 17.1. The Labute approximate surface area is 143 Å². The van der Waals surface area contributed by atoms with E-state index in [4.69, 9.17) is 4.98 Å². The van der Waals surface area contributed by atoms with E-state index in [9.17, 15) is 0 Å². The van der Waals surface area contributed by atoms with Crippen molar-refractivity contribution in [1.82, 2.24) is 34.8 Å². The van der Waals surface area contributed by atoms with Crippen LogP contribution in [0.25, 0.3) is 0 Å². The van der Waals surface area contributed by atoms with Gasteiger partial charge in [0.15, 0.2) is 5.82 Å². The van der Waals surface area contributed by atoms with Crippen LogP contribution >= 0.6 is 0 Å². The highest BCUT2D eigenvalue weighted by Gasteiger charge is 2.29. The SMILES string of the molecule is CC(C)c1n[nH]c([C@@H]2CCCCN2Cc2ncnn2C(C)(C)C)n1. The number of hydrogen-bond acceptors (Lipinski definition) is 5. The number of H-pyrrole nitrogens is 1. The van der Waals surface area contributed by atoms with Gasteiger partial charge < -0.3 is 0 Å². The van der Waals surface area contributed by atoms with Gasteiger partial charge in [-0.1, -0.05) is 20.3 Å². The number of nitrogens with one attached hydrogen (secondary N) is 1. The second-order valence-electron chi connectivity index (χ2n) is 7.97. The topological polar surface area (TPSA) is 75.5 Å². The molecule has 3 rings (SSSR count). The Morgan fingerprint density at radius 2 is 2.08 bits per heavy atom. The van der Waals surface area contributed by atoms with Crippen LogP contribution in [-0.2, 0) is 12.1 Å². The summed E-state index contributed by atoms with van der Waals surface area (Å²) < 4.78 is 2.03. The standard InChI is InChI=1S/C17H29N7/c1-12(2)15-20-16(22-21-15)13-8-6-7-9-23(13)10-14-18-11-19-24(14)17(3,4)5/h11-13H,6-10H2,1-5H3,(H,20,21,22)/t13-/m0/s1. The van der Waals surface area contributed by atoms with Crippen molar-refractivity contribution in [2.24, 2.45) is 0 Å². The molecule has 0 amide bonds. The van der Waals surface area contributed by atoms with Crippen LogP contribution in [0.2, 0.25) is 0 Å². The molecule has 132 valence electrons. The van der Waals surface area contributed by atoms with Crippen molar-refractivity contribution in [3.8, 4) is 0 Å². The Morgan fingerprint density at radius 3 is 2.75 bits per heavy atom. The Kier molecular flexibility index (Phi) is 4.71. The van der Waals surface area contributed by atoms with Crippen molar-refractivity contribution in [1.29, 1.82) is 0 Å². The molecule has 3 heterocycles. The van der Waals surface area contributed by atoms with Crippen molar-refractivity contribution in [2.45, 2.75) is 77.9 Å². The number of rotatable bonds is 4. The molecule has 2 aromatic rings. The van der Waals surface area contributed by atoms with E-state index in [2.05, 4.69) is 59.8 Å². The molecule has 1 fully saturated rings. The molecule has 1 saturated heterocycles. The van der Waals surface area contributed by atoms with Gasteiger partial charge in [-0.3, -0.25) is 10.00 Å². The maximum absolute atomic E-state index is 4.73. The van der Waals surface area contributed by atoms with Gasteiger partial charge >= 0.3 is 0 Å². The summed E-state index contributed by atoms with van der Waals surface area (Å²) in [6, 6.07) is 0.281. The molecule has 1 N–H and O–H groups in total. The van der Waals surface area contributed by atoms with Crippen molar-refractivity contribution >= 4 is 0 Å². The van der Waals surface area contributed by atoms with Gasteiger partial charge in [0.25, 0.3) is 0 Å². The third-order valence-corrected chi connectivity index (χ3v) is 4.56. The van der Waals surface area contributed by atoms with Gasteiger partial charge in [0.2, 0.25) is 0 Å². The Balaban J connectivity index is 1.81. The highest BCUT2D eigenvalue weighted by molar-refractivity contribution is 5.02. The Morgan fingerprint density at radius 1 is 1.29 bits per heavy atom. The molecule has 0 saturated carbocycles. The fraction of sp³-hybridized carbons (Fsp3) is 0.765. The van der Waals surface area contributed by atoms with Crippen LogP contribution in [0, 0.1) is 0 Å². The average Bonchev–Trinajstić information content (AvgIpc) is 3.16. The van der Waals surface area contributed by atoms with E-state index in [-0.39, 0.29) is 11.6 Å². The highest BCUT2D eigenvalue weighted by Crippen LogP contribution is 2.31. The van der Waals surface area contributed by atoms with E-state index >= 15 is 0 Å². The third kappa shape index (κ3) is 3.50. The summed E-state index contributed by atoms with van der Waals surface area (Å²) in [6.45, 7) is 12.6. The quantitative estimate of drug-likeness (QED) is 0.932. The summed E-state index contributed by atoms with van der Waals surface area (Å²) in [5.74, 6) is 3.24. The summed E-state index contributed by atoms with van der Waals surface area (Å²) in [6.07, 6.45) is 5.21. The van der Waals surface area contributed by atoms with Crippen LogP contribution in [0.4, 0.5) is 0 Å². The lowest BCUT2D eigenvalue weighted by molar-refractivity contribution is 0.125. The zero-order valence-electron chi connectivity index (χ0n) is 15.5. The van der Waals surface area contributed by atoms with Gasteiger partial charge in [-0.05, 0) is 40.2 Å². The average molecular weight is 331 g/mol. The summed E-state index contributed by atoms with van der Waals surface area (Å²) in [5.41, 5.74) is -0.0613. The molecule has 0 bridgehead atoms. The second-order valence-corrected chi connectivity index (χ2v) is 7.97. The lowest BCUT2D eigenvalue weighted by atomic mass is 10.0. The molecule has 0 radical (unpaired) electrons. The maximum atomic E-state index is 4.73. The van der Waals surface area contributed by atoms with E-state index in [1.807, 2.05) is 4.68 Å². The molecular weight excluding hydrogens is 302 g/mol. The first-order valence-electron chi connectivity index (χ1n) is 8.92. The van der Waals surface area contributed by atoms with E-state index in [0.717, 1.165) is 37.0 Å². The summed E-state index contributed by atoms with van der Waals surface area (Å²) in [7, 11) is 0. The normalized spacial score (nSPS) is 20.0. The van der Waals surface area contributed by atoms with Crippen LogP contribution in [-0.4, -0.2) is 41.4 Å². The first-order chi connectivity index (χ1) is 11.4. The summed E-state index contributed by atoms with van der Waals surface area (Å²) in [4.78, 5) is 11.7. The zero-order valence-corrected chi connectivity index (χ0v) is 15.5. The first-order valence-corrected chi connectivity index (χ1v) is 8.92. The van der Waals surface area contributed by atoms with E-state index in [1.54, 1.807) is 6.33 Å². The number of aromatic amines is 1. The maximum Gasteiger partial charge on any atom is 0.153 e. The number of nitrogens with zero attached hydrogens (tertiary/aromatic N) is 6. The molecule has 2 aromatic heterocycles. The minimum Gasteiger partial charge on any atom is -0.286 e. The van der Waals surface area contributed by atoms with Gasteiger partial charge in [-0.15, -0.1) is 0 Å². The molecule has 0 aliphatic carbocycles. The molecular formula is C17H29N7. The summed E-state index contributed by atoms with van der Waals surface area (Å²) >= 11 is 0. The largest absolute Gasteiger partial charge is 0.286 e. The van der Waals surface area contributed by atoms with E-state index in [1.165, 1.54) is 12.8 Å². The molecule has 0 aromatic carbocycles. The molecule has 24 heavy (non-hydrogen) atoms. The van der Waals surface area contributed by atoms with Crippen LogP contribution in [0.15, 0.2) is 6.33 Å². The van der Waals surface area contributed by atoms with Crippen LogP contribution in [0.5, 0.6) is 0 Å². The Hall–Kier alpha value is -1.76. The third-order valence-electron chi connectivity index (χ3n) is 4.56. The van der Waals surface area contributed by atoms with Gasteiger partial charge in [0.05, 0.1) is 18.1 Å². The van der Waals surface area contributed by atoms with Crippen LogP contribution < -0.4 is 0 Å². The lowest BCUT2D eigenvalue weighted by Crippen LogP contribution is -2.36. The molecule has 0 unspecified atom stereocenters. The monoisotopic (exact) mass is 331 g/mol. The molecule has 1 aliphatic rings. The smallest absolute Gasteiger partial charge is 0.153 e. The highest BCUT2D eigenvalue weighted by atomic mass is 15.4. The Bertz CT molecular complexity index is 665. The van der Waals surface area contributed by atoms with E-state index in [0.29, 0.717) is 5.92 Å². The minimum absolute atomic E-state index is 0.0613. The minimum atomic E-state index is -0.0613. The van der Waals surface area contributed by atoms with Gasteiger partial charge in [-0.25, -0.2) is 14.6 Å². The molecule has 0 spiro atoms. The van der Waals surface area contributed by atoms with Crippen LogP contribution in [0.3, 0.4) is 0 Å². The summed E-state index contributed by atoms with van der Waals surface area (Å²) in [5, 5.41) is 12.0. The van der Waals surface area contributed by atoms with Crippen molar-refractivity contribution in [3.05, 3.63) is 23.8 Å². The van der Waals surface area contributed by atoms with Crippen molar-refractivity contribution in [2.75, 3.05) is 6.54 Å². The zero-order chi connectivity index (χ0) is 17.3. The molecule has 7 heteroatoms. The number of piperidine rings is 1. The van der Waals surface area contributed by atoms with Crippen molar-refractivity contribution < 1.29 is 0 Å². The number of aromatic nitrogens is 6. The second kappa shape index (κ2) is 6.63. The fourth-order valence-electron chi connectivity index (χ4n) is 3.30. The van der Waals surface area contributed by atoms with Gasteiger partial charge in [0, 0.05) is 5.92 Å². The fourth-order valence-corrected chi connectivity index (χ4v) is 3.30. The van der Waals surface area contributed by atoms with E-state index < -0.39 is 0 Å².